The fourth-order valence-electron chi connectivity index (χ4n) is 2.98. The van der Waals surface area contributed by atoms with Gasteiger partial charge in [0.15, 0.2) is 0 Å². The van der Waals surface area contributed by atoms with E-state index in [1.807, 2.05) is 48.6 Å². The number of piperidine rings is 1. The molecule has 1 aliphatic rings. The standard InChI is InChI=1S/C27H33N3O2S/c1-2-33-21-5-3-4-10-26(32-27-15-19-28-20-16-27)14-13-24(8-6-18-30-23-31)11-12-25-9-7-17-29-22-25/h3-7,9-10,13-14,17-18,21-24,27-28H,2,8,15-16,19-20H2,1H3,(H,30,31)/b4-3+,14-13+,18-6+,21-5-,26-10-. The summed E-state index contributed by atoms with van der Waals surface area (Å²) in [4.78, 5) is 14.6. The second-order valence-corrected chi connectivity index (χ2v) is 8.39. The van der Waals surface area contributed by atoms with Crippen molar-refractivity contribution in [3.05, 3.63) is 90.0 Å². The summed E-state index contributed by atoms with van der Waals surface area (Å²) in [5.74, 6) is 8.31. The third-order valence-corrected chi connectivity index (χ3v) is 5.32. The zero-order valence-electron chi connectivity index (χ0n) is 19.2. The molecule has 2 heterocycles. The van der Waals surface area contributed by atoms with E-state index in [-0.39, 0.29) is 12.0 Å². The quantitative estimate of drug-likeness (QED) is 0.203. The Labute approximate surface area is 202 Å². The molecule has 0 radical (unpaired) electrons. The molecule has 174 valence electrons. The number of pyridine rings is 1. The van der Waals surface area contributed by atoms with Crippen LogP contribution in [0, 0.1) is 17.8 Å². The van der Waals surface area contributed by atoms with Gasteiger partial charge >= 0.3 is 0 Å². The Hall–Kier alpha value is -3.01. The molecule has 5 nitrogen and oxygen atoms in total. The van der Waals surface area contributed by atoms with Gasteiger partial charge in [-0.15, -0.1) is 11.8 Å². The number of carbonyl (C=O) groups is 1. The Kier molecular flexibility index (Phi) is 13.9. The highest BCUT2D eigenvalue weighted by Gasteiger charge is 2.14. The SMILES string of the molecule is CCS\C=C/C=C/C=C(/C=C/C(C#Cc1cccnc1)C/C=C/NC=O)OC1CCNCC1. The summed E-state index contributed by atoms with van der Waals surface area (Å²) < 4.78 is 6.29. The van der Waals surface area contributed by atoms with Gasteiger partial charge in [-0.25, -0.2) is 0 Å². The van der Waals surface area contributed by atoms with Crippen molar-refractivity contribution in [1.29, 1.82) is 0 Å². The predicted octanol–water partition coefficient (Wildman–Crippen LogP) is 4.73. The number of amides is 1. The van der Waals surface area contributed by atoms with E-state index >= 15 is 0 Å². The van der Waals surface area contributed by atoms with Crippen LogP contribution in [-0.2, 0) is 9.53 Å². The molecule has 1 atom stereocenters. The van der Waals surface area contributed by atoms with Gasteiger partial charge in [-0.2, -0.15) is 0 Å². The fourth-order valence-corrected chi connectivity index (χ4v) is 3.38. The number of allylic oxidation sites excluding steroid dienone is 7. The van der Waals surface area contributed by atoms with E-state index in [1.54, 1.807) is 30.4 Å². The van der Waals surface area contributed by atoms with Crippen LogP contribution in [0.25, 0.3) is 0 Å². The molecule has 33 heavy (non-hydrogen) atoms. The molecular formula is C27H33N3O2S. The maximum Gasteiger partial charge on any atom is 0.211 e. The molecular weight excluding hydrogens is 430 g/mol. The van der Waals surface area contributed by atoms with Crippen LogP contribution in [0.5, 0.6) is 0 Å². The number of aromatic nitrogens is 1. The molecule has 0 saturated carbocycles. The molecule has 2 rings (SSSR count). The summed E-state index contributed by atoms with van der Waals surface area (Å²) in [7, 11) is 0. The van der Waals surface area contributed by atoms with E-state index in [0.717, 1.165) is 43.0 Å². The largest absolute Gasteiger partial charge is 0.490 e. The summed E-state index contributed by atoms with van der Waals surface area (Å²) in [6.07, 6.45) is 22.6. The molecule has 0 spiro atoms. The average molecular weight is 464 g/mol. The zero-order valence-corrected chi connectivity index (χ0v) is 20.0. The van der Waals surface area contributed by atoms with Crippen molar-refractivity contribution in [2.75, 3.05) is 18.8 Å². The van der Waals surface area contributed by atoms with Gasteiger partial charge in [0.1, 0.15) is 11.9 Å². The monoisotopic (exact) mass is 463 g/mol. The molecule has 1 unspecified atom stereocenters. The van der Waals surface area contributed by atoms with Gasteiger partial charge in [-0.3, -0.25) is 9.78 Å². The van der Waals surface area contributed by atoms with Gasteiger partial charge in [-0.05, 0) is 74.0 Å². The van der Waals surface area contributed by atoms with Gasteiger partial charge < -0.3 is 15.4 Å². The number of rotatable bonds is 12. The number of thioether (sulfide) groups is 1. The van der Waals surface area contributed by atoms with E-state index in [1.165, 1.54) is 0 Å². The van der Waals surface area contributed by atoms with Gasteiger partial charge in [0.2, 0.25) is 6.41 Å². The van der Waals surface area contributed by atoms with Crippen LogP contribution in [0.4, 0.5) is 0 Å². The highest BCUT2D eigenvalue weighted by atomic mass is 32.2. The molecule has 1 aromatic heterocycles. The molecule has 1 amide bonds. The van der Waals surface area contributed by atoms with Gasteiger partial charge in [0.05, 0.1) is 0 Å². The number of hydrogen-bond donors (Lipinski definition) is 2. The Balaban J connectivity index is 2.15. The number of nitrogens with one attached hydrogen (secondary N) is 2. The third-order valence-electron chi connectivity index (χ3n) is 4.64. The van der Waals surface area contributed by atoms with Crippen molar-refractivity contribution in [3.8, 4) is 11.8 Å². The molecule has 2 N–H and O–H groups in total. The van der Waals surface area contributed by atoms with E-state index in [0.29, 0.717) is 12.8 Å². The summed E-state index contributed by atoms with van der Waals surface area (Å²) in [5, 5.41) is 7.99. The van der Waals surface area contributed by atoms with Crippen LogP contribution in [0.1, 0.15) is 31.7 Å². The van der Waals surface area contributed by atoms with Gasteiger partial charge in [0.25, 0.3) is 0 Å². The van der Waals surface area contributed by atoms with Crippen LogP contribution < -0.4 is 10.6 Å². The first-order valence-electron chi connectivity index (χ1n) is 11.3. The number of nitrogens with zero attached hydrogens (tertiary/aromatic N) is 1. The predicted molar refractivity (Wildman–Crippen MR) is 138 cm³/mol. The topological polar surface area (TPSA) is 63.2 Å². The molecule has 1 aromatic rings. The van der Waals surface area contributed by atoms with Crippen molar-refractivity contribution in [3.63, 3.8) is 0 Å². The lowest BCUT2D eigenvalue weighted by atomic mass is 10.0. The normalized spacial score (nSPS) is 16.3. The number of hydrogen-bond acceptors (Lipinski definition) is 5. The van der Waals surface area contributed by atoms with Crippen molar-refractivity contribution in [1.82, 2.24) is 15.6 Å². The summed E-state index contributed by atoms with van der Waals surface area (Å²) in [6, 6.07) is 3.81. The van der Waals surface area contributed by atoms with Crippen LogP contribution in [0.2, 0.25) is 0 Å². The minimum absolute atomic E-state index is 0.0419. The van der Waals surface area contributed by atoms with E-state index < -0.39 is 0 Å². The minimum Gasteiger partial charge on any atom is -0.490 e. The summed E-state index contributed by atoms with van der Waals surface area (Å²) in [6.45, 7) is 4.08. The highest BCUT2D eigenvalue weighted by Crippen LogP contribution is 2.16. The van der Waals surface area contributed by atoms with Crippen molar-refractivity contribution in [2.45, 2.75) is 32.3 Å². The first kappa shape index (κ1) is 26.2. The maximum absolute atomic E-state index is 10.5. The molecule has 0 bridgehead atoms. The average Bonchev–Trinajstić information content (AvgIpc) is 2.86. The van der Waals surface area contributed by atoms with E-state index in [4.69, 9.17) is 4.74 Å². The first-order valence-corrected chi connectivity index (χ1v) is 12.3. The lowest BCUT2D eigenvalue weighted by Crippen LogP contribution is -2.32. The molecule has 0 aliphatic carbocycles. The van der Waals surface area contributed by atoms with Crippen LogP contribution >= 0.6 is 11.8 Å². The minimum atomic E-state index is -0.0419. The molecule has 6 heteroatoms. The molecule has 1 saturated heterocycles. The third kappa shape index (κ3) is 12.6. The van der Waals surface area contributed by atoms with Crippen molar-refractivity contribution < 1.29 is 9.53 Å². The summed E-state index contributed by atoms with van der Waals surface area (Å²) >= 11 is 1.77. The second kappa shape index (κ2) is 17.5. The zero-order chi connectivity index (χ0) is 23.4. The van der Waals surface area contributed by atoms with Crippen LogP contribution in [-0.4, -0.2) is 36.3 Å². The first-order chi connectivity index (χ1) is 16.3. The van der Waals surface area contributed by atoms with Gasteiger partial charge in [-0.1, -0.05) is 49.1 Å². The molecule has 0 aromatic carbocycles. The lowest BCUT2D eigenvalue weighted by molar-refractivity contribution is -0.108. The van der Waals surface area contributed by atoms with E-state index in [9.17, 15) is 4.79 Å². The maximum atomic E-state index is 10.5. The molecule has 1 fully saturated rings. The summed E-state index contributed by atoms with van der Waals surface area (Å²) in [5.41, 5.74) is 0.868. The Morgan fingerprint density at radius 1 is 1.36 bits per heavy atom. The Morgan fingerprint density at radius 3 is 3.00 bits per heavy atom. The van der Waals surface area contributed by atoms with Crippen molar-refractivity contribution >= 4 is 18.2 Å². The number of ether oxygens (including phenoxy) is 1. The van der Waals surface area contributed by atoms with Crippen LogP contribution in [0.3, 0.4) is 0 Å². The van der Waals surface area contributed by atoms with E-state index in [2.05, 4.69) is 45.9 Å². The second-order valence-electron chi connectivity index (χ2n) is 7.20. The Bertz CT molecular complexity index is 889. The smallest absolute Gasteiger partial charge is 0.211 e. The lowest BCUT2D eigenvalue weighted by Gasteiger charge is -2.24. The number of carbonyl (C=O) groups excluding carboxylic acids is 1. The van der Waals surface area contributed by atoms with Gasteiger partial charge in [0, 0.05) is 23.9 Å². The Morgan fingerprint density at radius 2 is 2.24 bits per heavy atom. The fraction of sp³-hybridized carbons (Fsp3) is 0.333. The van der Waals surface area contributed by atoms with Crippen molar-refractivity contribution in [2.24, 2.45) is 5.92 Å². The molecule has 1 aliphatic heterocycles. The van der Waals surface area contributed by atoms with Crippen LogP contribution in [0.15, 0.2) is 84.4 Å². The highest BCUT2D eigenvalue weighted by molar-refractivity contribution is 8.02.